The van der Waals surface area contributed by atoms with Crippen LogP contribution in [0.1, 0.15) is 20.8 Å². The fraction of sp³-hybridized carbons (Fsp3) is 1.00. The first-order valence-corrected chi connectivity index (χ1v) is 6.12. The minimum atomic E-state index is -2.18. The predicted octanol–water partition coefficient (Wildman–Crippen LogP) is 1.91. The first-order chi connectivity index (χ1) is 7.36. The molecule has 2 fully saturated rings. The van der Waals surface area contributed by atoms with E-state index < -0.39 is 6.43 Å². The Morgan fingerprint density at radius 3 is 1.94 bits per heavy atom. The highest BCUT2D eigenvalue weighted by molar-refractivity contribution is 4.96. The first kappa shape index (κ1) is 12.2. The molecular weight excluding hydrogens is 210 g/mol. The van der Waals surface area contributed by atoms with Crippen molar-refractivity contribution in [1.82, 2.24) is 9.80 Å². The van der Waals surface area contributed by atoms with Crippen molar-refractivity contribution in [3.05, 3.63) is 0 Å². The van der Waals surface area contributed by atoms with E-state index in [9.17, 15) is 8.78 Å². The standard InChI is InChI=1S/C12H22F2N2/c1-12(2,3)16-6-9-4-15(8-11(13)14)5-10(9)7-16/h9-11H,4-8H2,1-3H3. The molecule has 16 heavy (non-hydrogen) atoms. The molecule has 2 heterocycles. The summed E-state index contributed by atoms with van der Waals surface area (Å²) in [6, 6.07) is 0. The zero-order valence-electron chi connectivity index (χ0n) is 10.4. The van der Waals surface area contributed by atoms with Gasteiger partial charge < -0.3 is 0 Å². The molecule has 2 saturated heterocycles. The summed E-state index contributed by atoms with van der Waals surface area (Å²) < 4.78 is 24.6. The van der Waals surface area contributed by atoms with Crippen molar-refractivity contribution in [2.75, 3.05) is 32.7 Å². The van der Waals surface area contributed by atoms with Gasteiger partial charge >= 0.3 is 0 Å². The lowest BCUT2D eigenvalue weighted by molar-refractivity contribution is 0.0880. The third kappa shape index (κ3) is 2.54. The van der Waals surface area contributed by atoms with E-state index in [4.69, 9.17) is 0 Å². The second kappa shape index (κ2) is 4.22. The largest absolute Gasteiger partial charge is 0.298 e. The van der Waals surface area contributed by atoms with Crippen molar-refractivity contribution < 1.29 is 8.78 Å². The Hall–Kier alpha value is -0.220. The van der Waals surface area contributed by atoms with Crippen LogP contribution in [0.5, 0.6) is 0 Å². The maximum Gasteiger partial charge on any atom is 0.251 e. The monoisotopic (exact) mass is 232 g/mol. The number of likely N-dealkylation sites (tertiary alicyclic amines) is 2. The van der Waals surface area contributed by atoms with Gasteiger partial charge in [0.15, 0.2) is 0 Å². The number of alkyl halides is 2. The summed E-state index contributed by atoms with van der Waals surface area (Å²) in [4.78, 5) is 4.42. The Balaban J connectivity index is 1.86. The Labute approximate surface area is 96.6 Å². The van der Waals surface area contributed by atoms with Gasteiger partial charge in [-0.15, -0.1) is 0 Å². The van der Waals surface area contributed by atoms with Crippen LogP contribution < -0.4 is 0 Å². The van der Waals surface area contributed by atoms with Gasteiger partial charge in [0.05, 0.1) is 6.54 Å². The van der Waals surface area contributed by atoms with E-state index in [0.29, 0.717) is 11.8 Å². The summed E-state index contributed by atoms with van der Waals surface area (Å²) in [5.41, 5.74) is 0.220. The molecule has 0 spiro atoms. The van der Waals surface area contributed by atoms with E-state index in [1.165, 1.54) is 0 Å². The fourth-order valence-corrected chi connectivity index (χ4v) is 2.98. The topological polar surface area (TPSA) is 6.48 Å². The Bertz CT molecular complexity index is 236. The van der Waals surface area contributed by atoms with E-state index >= 15 is 0 Å². The molecule has 0 N–H and O–H groups in total. The van der Waals surface area contributed by atoms with Gasteiger partial charge in [-0.2, -0.15) is 0 Å². The summed E-state index contributed by atoms with van der Waals surface area (Å²) in [5.74, 6) is 1.22. The van der Waals surface area contributed by atoms with Crippen LogP contribution >= 0.6 is 0 Å². The van der Waals surface area contributed by atoms with E-state index in [1.54, 1.807) is 0 Å². The molecule has 2 aliphatic rings. The van der Waals surface area contributed by atoms with Crippen LogP contribution in [0.3, 0.4) is 0 Å². The second-order valence-corrected chi connectivity index (χ2v) is 6.21. The Kier molecular flexibility index (Phi) is 3.23. The molecule has 0 aromatic heterocycles. The average molecular weight is 232 g/mol. The average Bonchev–Trinajstić information content (AvgIpc) is 2.57. The van der Waals surface area contributed by atoms with E-state index in [-0.39, 0.29) is 12.1 Å². The fourth-order valence-electron chi connectivity index (χ4n) is 2.98. The van der Waals surface area contributed by atoms with Crippen molar-refractivity contribution in [3.8, 4) is 0 Å². The van der Waals surface area contributed by atoms with Gasteiger partial charge in [-0.3, -0.25) is 9.80 Å². The van der Waals surface area contributed by atoms with Crippen molar-refractivity contribution in [3.63, 3.8) is 0 Å². The third-order valence-corrected chi connectivity index (χ3v) is 3.91. The lowest BCUT2D eigenvalue weighted by atomic mass is 10.0. The smallest absolute Gasteiger partial charge is 0.251 e. The van der Waals surface area contributed by atoms with Gasteiger partial charge in [-0.05, 0) is 32.6 Å². The van der Waals surface area contributed by atoms with Crippen LogP contribution in [0, 0.1) is 11.8 Å². The van der Waals surface area contributed by atoms with E-state index in [2.05, 4.69) is 25.7 Å². The number of hydrogen-bond acceptors (Lipinski definition) is 2. The summed E-state index contributed by atoms with van der Waals surface area (Å²) >= 11 is 0. The molecular formula is C12H22F2N2. The molecule has 2 rings (SSSR count). The molecule has 0 aromatic carbocycles. The van der Waals surface area contributed by atoms with Gasteiger partial charge in [0, 0.05) is 31.7 Å². The number of fused-ring (bicyclic) bond motifs is 1. The lowest BCUT2D eigenvalue weighted by Crippen LogP contribution is -2.41. The maximum absolute atomic E-state index is 12.3. The molecule has 94 valence electrons. The van der Waals surface area contributed by atoms with Crippen LogP contribution in [0.2, 0.25) is 0 Å². The number of nitrogens with zero attached hydrogens (tertiary/aromatic N) is 2. The van der Waals surface area contributed by atoms with Gasteiger partial charge in [-0.1, -0.05) is 0 Å². The van der Waals surface area contributed by atoms with Gasteiger partial charge in [0.2, 0.25) is 0 Å². The highest BCUT2D eigenvalue weighted by atomic mass is 19.3. The summed E-state index contributed by atoms with van der Waals surface area (Å²) in [7, 11) is 0. The summed E-state index contributed by atoms with van der Waals surface area (Å²) in [5, 5.41) is 0. The van der Waals surface area contributed by atoms with Gasteiger partial charge in [-0.25, -0.2) is 8.78 Å². The van der Waals surface area contributed by atoms with Crippen LogP contribution in [-0.4, -0.2) is 54.5 Å². The quantitative estimate of drug-likeness (QED) is 0.717. The Morgan fingerprint density at radius 1 is 1.06 bits per heavy atom. The summed E-state index contributed by atoms with van der Waals surface area (Å²) in [6.45, 7) is 10.5. The molecule has 2 unspecified atom stereocenters. The van der Waals surface area contributed by atoms with Gasteiger partial charge in [0.25, 0.3) is 6.43 Å². The predicted molar refractivity (Wildman–Crippen MR) is 60.8 cm³/mol. The first-order valence-electron chi connectivity index (χ1n) is 6.12. The molecule has 0 saturated carbocycles. The normalized spacial score (nSPS) is 32.6. The van der Waals surface area contributed by atoms with E-state index in [0.717, 1.165) is 26.2 Å². The lowest BCUT2D eigenvalue weighted by Gasteiger charge is -2.33. The van der Waals surface area contributed by atoms with Crippen molar-refractivity contribution >= 4 is 0 Å². The molecule has 4 heteroatoms. The maximum atomic E-state index is 12.3. The van der Waals surface area contributed by atoms with Crippen molar-refractivity contribution in [2.45, 2.75) is 32.7 Å². The number of hydrogen-bond donors (Lipinski definition) is 0. The molecule has 0 aromatic rings. The third-order valence-electron chi connectivity index (χ3n) is 3.91. The Morgan fingerprint density at radius 2 is 1.56 bits per heavy atom. The molecule has 0 amide bonds. The molecule has 0 aliphatic carbocycles. The van der Waals surface area contributed by atoms with Crippen LogP contribution in [0.4, 0.5) is 8.78 Å². The zero-order chi connectivity index (χ0) is 11.9. The molecule has 2 aliphatic heterocycles. The van der Waals surface area contributed by atoms with Crippen LogP contribution in [0.15, 0.2) is 0 Å². The molecule has 2 atom stereocenters. The van der Waals surface area contributed by atoms with Crippen molar-refractivity contribution in [1.29, 1.82) is 0 Å². The molecule has 0 radical (unpaired) electrons. The van der Waals surface area contributed by atoms with E-state index in [1.807, 2.05) is 4.90 Å². The molecule has 2 nitrogen and oxygen atoms in total. The van der Waals surface area contributed by atoms with Crippen molar-refractivity contribution in [2.24, 2.45) is 11.8 Å². The molecule has 0 bridgehead atoms. The second-order valence-electron chi connectivity index (χ2n) is 6.21. The highest BCUT2D eigenvalue weighted by Gasteiger charge is 2.43. The van der Waals surface area contributed by atoms with Crippen LogP contribution in [-0.2, 0) is 0 Å². The minimum absolute atomic E-state index is 0.0392. The van der Waals surface area contributed by atoms with Crippen LogP contribution in [0.25, 0.3) is 0 Å². The zero-order valence-corrected chi connectivity index (χ0v) is 10.4. The minimum Gasteiger partial charge on any atom is -0.298 e. The SMILES string of the molecule is CC(C)(C)N1CC2CN(CC(F)F)CC2C1. The summed E-state index contributed by atoms with van der Waals surface area (Å²) in [6.07, 6.45) is -2.18. The number of halogens is 2. The number of rotatable bonds is 2. The highest BCUT2D eigenvalue weighted by Crippen LogP contribution is 2.34. The van der Waals surface area contributed by atoms with Gasteiger partial charge in [0.1, 0.15) is 0 Å².